The summed E-state index contributed by atoms with van der Waals surface area (Å²) in [6.45, 7) is 3.52. The lowest BCUT2D eigenvalue weighted by molar-refractivity contribution is -0.121. The van der Waals surface area contributed by atoms with Crippen LogP contribution in [0.4, 0.5) is 5.69 Å². The van der Waals surface area contributed by atoms with E-state index in [0.717, 1.165) is 4.41 Å². The second-order valence-corrected chi connectivity index (χ2v) is 7.99. The molecule has 0 aliphatic rings. The zero-order valence-electron chi connectivity index (χ0n) is 13.8. The van der Waals surface area contributed by atoms with Gasteiger partial charge in [-0.3, -0.25) is 10.2 Å². The number of hydrogen-bond donors (Lipinski definition) is 1. The Morgan fingerprint density at radius 3 is 2.40 bits per heavy atom. The van der Waals surface area contributed by atoms with Crippen LogP contribution in [0.2, 0.25) is 10.0 Å². The van der Waals surface area contributed by atoms with Gasteiger partial charge in [0.25, 0.3) is 10.0 Å². The lowest BCUT2D eigenvalue weighted by Crippen LogP contribution is -2.46. The first-order chi connectivity index (χ1) is 11.8. The normalized spacial score (nSPS) is 11.2. The van der Waals surface area contributed by atoms with Gasteiger partial charge >= 0.3 is 0 Å². The molecule has 8 heteroatoms. The van der Waals surface area contributed by atoms with Crippen molar-refractivity contribution in [2.75, 3.05) is 4.41 Å². The summed E-state index contributed by atoms with van der Waals surface area (Å²) < 4.78 is 27.1. The number of hydrogen-bond acceptors (Lipinski definition) is 3. The molecule has 0 fully saturated rings. The maximum atomic E-state index is 13.1. The summed E-state index contributed by atoms with van der Waals surface area (Å²) in [6, 6.07) is 10.9. The predicted molar refractivity (Wildman–Crippen MR) is 100 cm³/mol. The van der Waals surface area contributed by atoms with Crippen molar-refractivity contribution in [3.63, 3.8) is 0 Å². The maximum absolute atomic E-state index is 13.1. The molecule has 1 N–H and O–H groups in total. The van der Waals surface area contributed by atoms with Crippen molar-refractivity contribution in [2.24, 2.45) is 0 Å². The Morgan fingerprint density at radius 1 is 1.12 bits per heavy atom. The van der Waals surface area contributed by atoms with Gasteiger partial charge in [-0.15, -0.1) is 0 Å². The van der Waals surface area contributed by atoms with Crippen molar-refractivity contribution >= 4 is 44.8 Å². The highest BCUT2D eigenvalue weighted by atomic mass is 35.5. The number of carbonyl (C=O) groups is 1. The summed E-state index contributed by atoms with van der Waals surface area (Å²) in [4.78, 5) is 12.2. The molecule has 1 amide bonds. The Hall–Kier alpha value is -1.76. The van der Waals surface area contributed by atoms with E-state index in [1.54, 1.807) is 25.1 Å². The average molecular weight is 401 g/mol. The van der Waals surface area contributed by atoms with Crippen LogP contribution in [0.5, 0.6) is 0 Å². The molecule has 2 rings (SSSR count). The van der Waals surface area contributed by atoms with E-state index in [0.29, 0.717) is 17.0 Å². The molecule has 0 radical (unpaired) electrons. The van der Waals surface area contributed by atoms with Crippen molar-refractivity contribution in [2.45, 2.75) is 31.6 Å². The Balaban J connectivity index is 2.56. The second kappa shape index (κ2) is 8.08. The van der Waals surface area contributed by atoms with Crippen molar-refractivity contribution in [1.82, 2.24) is 5.43 Å². The summed E-state index contributed by atoms with van der Waals surface area (Å²) in [5.41, 5.74) is 3.21. The fourth-order valence-electron chi connectivity index (χ4n) is 2.22. The molecule has 25 heavy (non-hydrogen) atoms. The molecule has 0 bridgehead atoms. The minimum atomic E-state index is -4.03. The topological polar surface area (TPSA) is 66.5 Å². The molecule has 0 spiro atoms. The number of anilines is 1. The summed E-state index contributed by atoms with van der Waals surface area (Å²) in [7, 11) is -4.03. The molecular formula is C17H18Cl2N2O3S. The number of nitrogens with zero attached hydrogens (tertiary/aromatic N) is 1. The summed E-state index contributed by atoms with van der Waals surface area (Å²) >= 11 is 11.9. The summed E-state index contributed by atoms with van der Waals surface area (Å²) in [6.07, 6.45) is 0.784. The largest absolute Gasteiger partial charge is 0.282 e. The molecule has 5 nitrogen and oxygen atoms in total. The average Bonchev–Trinajstić information content (AvgIpc) is 2.56. The van der Waals surface area contributed by atoms with Gasteiger partial charge in [0.1, 0.15) is 0 Å². The van der Waals surface area contributed by atoms with Gasteiger partial charge in [-0.2, -0.15) is 12.8 Å². The fraction of sp³-hybridized carbons (Fsp3) is 0.235. The Kier molecular flexibility index (Phi) is 6.32. The van der Waals surface area contributed by atoms with Gasteiger partial charge in [-0.25, -0.2) is 0 Å². The van der Waals surface area contributed by atoms with Crippen LogP contribution >= 0.6 is 23.2 Å². The van der Waals surface area contributed by atoms with Crippen LogP contribution in [-0.4, -0.2) is 14.3 Å². The minimum Gasteiger partial charge on any atom is -0.273 e. The number of carbonyl (C=O) groups excluding carboxylic acids is 1. The van der Waals surface area contributed by atoms with E-state index < -0.39 is 15.9 Å². The Bertz CT molecular complexity index is 885. The van der Waals surface area contributed by atoms with Gasteiger partial charge in [0.15, 0.2) is 0 Å². The monoisotopic (exact) mass is 400 g/mol. The SMILES string of the molecule is CCCC(=O)NN(c1ccc(Cl)c(Cl)c1)S(=O)(=O)c1ccccc1C. The van der Waals surface area contributed by atoms with E-state index >= 15 is 0 Å². The third-order valence-electron chi connectivity index (χ3n) is 3.45. The lowest BCUT2D eigenvalue weighted by Gasteiger charge is -2.25. The Morgan fingerprint density at radius 2 is 1.80 bits per heavy atom. The van der Waals surface area contributed by atoms with Gasteiger partial charge in [0.05, 0.1) is 20.6 Å². The molecule has 0 aliphatic heterocycles. The highest BCUT2D eigenvalue weighted by molar-refractivity contribution is 7.92. The fourth-order valence-corrected chi connectivity index (χ4v) is 4.04. The predicted octanol–water partition coefficient (Wildman–Crippen LogP) is 4.33. The zero-order chi connectivity index (χ0) is 18.6. The van der Waals surface area contributed by atoms with Crippen LogP contribution in [-0.2, 0) is 14.8 Å². The van der Waals surface area contributed by atoms with Gasteiger partial charge in [-0.1, -0.05) is 48.3 Å². The molecule has 0 atom stereocenters. The number of halogens is 2. The van der Waals surface area contributed by atoms with Crippen LogP contribution in [0, 0.1) is 6.92 Å². The summed E-state index contributed by atoms with van der Waals surface area (Å²) in [5, 5.41) is 0.479. The molecule has 0 aromatic heterocycles. The standard InChI is InChI=1S/C17H18Cl2N2O3S/c1-3-6-17(22)20-21(13-9-10-14(18)15(19)11-13)25(23,24)16-8-5-4-7-12(16)2/h4-5,7-11H,3,6H2,1-2H3,(H,20,22). The van der Waals surface area contributed by atoms with Crippen molar-refractivity contribution in [3.05, 3.63) is 58.1 Å². The minimum absolute atomic E-state index is 0.0953. The molecule has 2 aromatic carbocycles. The number of benzene rings is 2. The van der Waals surface area contributed by atoms with Gasteiger partial charge < -0.3 is 0 Å². The number of rotatable bonds is 6. The molecule has 2 aromatic rings. The van der Waals surface area contributed by atoms with Crippen molar-refractivity contribution in [1.29, 1.82) is 0 Å². The first kappa shape index (κ1) is 19.6. The van der Waals surface area contributed by atoms with E-state index in [-0.39, 0.29) is 22.0 Å². The first-order valence-electron chi connectivity index (χ1n) is 7.63. The molecule has 0 saturated carbocycles. The van der Waals surface area contributed by atoms with Crippen molar-refractivity contribution < 1.29 is 13.2 Å². The summed E-state index contributed by atoms with van der Waals surface area (Å²) in [5.74, 6) is -0.411. The van der Waals surface area contributed by atoms with E-state index in [4.69, 9.17) is 23.2 Å². The van der Waals surface area contributed by atoms with Crippen LogP contribution in [0.25, 0.3) is 0 Å². The third-order valence-corrected chi connectivity index (χ3v) is 5.99. The molecule has 134 valence electrons. The number of hydrazine groups is 1. The van der Waals surface area contributed by atoms with E-state index in [9.17, 15) is 13.2 Å². The third kappa shape index (κ3) is 4.45. The molecule has 0 aliphatic carbocycles. The number of aryl methyl sites for hydroxylation is 1. The van der Waals surface area contributed by atoms with Crippen LogP contribution in [0.15, 0.2) is 47.4 Å². The van der Waals surface area contributed by atoms with Crippen LogP contribution in [0.1, 0.15) is 25.3 Å². The van der Waals surface area contributed by atoms with Crippen molar-refractivity contribution in [3.8, 4) is 0 Å². The molecule has 0 saturated heterocycles. The highest BCUT2D eigenvalue weighted by Crippen LogP contribution is 2.30. The number of sulfonamides is 1. The zero-order valence-corrected chi connectivity index (χ0v) is 16.1. The van der Waals surface area contributed by atoms with Gasteiger partial charge in [0, 0.05) is 6.42 Å². The smallest absolute Gasteiger partial charge is 0.273 e. The van der Waals surface area contributed by atoms with E-state index in [2.05, 4.69) is 5.43 Å². The maximum Gasteiger partial charge on any atom is 0.282 e. The Labute approximate surface area is 157 Å². The van der Waals surface area contributed by atoms with Gasteiger partial charge in [0.2, 0.25) is 5.91 Å². The molecule has 0 unspecified atom stereocenters. The molecule has 0 heterocycles. The highest BCUT2D eigenvalue weighted by Gasteiger charge is 2.28. The van der Waals surface area contributed by atoms with Crippen LogP contribution in [0.3, 0.4) is 0 Å². The molecular weight excluding hydrogens is 383 g/mol. The lowest BCUT2D eigenvalue weighted by atomic mass is 10.2. The quantitative estimate of drug-likeness (QED) is 0.733. The first-order valence-corrected chi connectivity index (χ1v) is 9.82. The number of amides is 1. The number of nitrogens with one attached hydrogen (secondary N) is 1. The van der Waals surface area contributed by atoms with Crippen LogP contribution < -0.4 is 9.84 Å². The van der Waals surface area contributed by atoms with E-state index in [1.807, 2.05) is 6.92 Å². The van der Waals surface area contributed by atoms with E-state index in [1.165, 1.54) is 24.3 Å². The second-order valence-electron chi connectivity index (χ2n) is 5.42. The van der Waals surface area contributed by atoms with Gasteiger partial charge in [-0.05, 0) is 43.2 Å².